The van der Waals surface area contributed by atoms with Gasteiger partial charge in [-0.15, -0.1) is 0 Å². The molecule has 0 saturated heterocycles. The van der Waals surface area contributed by atoms with E-state index in [4.69, 9.17) is 0 Å². The molecule has 0 aliphatic heterocycles. The normalized spacial score (nSPS) is 10.9. The second kappa shape index (κ2) is 5.23. The lowest BCUT2D eigenvalue weighted by Gasteiger charge is -2.16. The molecule has 0 saturated carbocycles. The number of carbonyl (C=O) groups excluding carboxylic acids is 1. The van der Waals surface area contributed by atoms with Gasteiger partial charge < -0.3 is 4.74 Å². The Labute approximate surface area is 107 Å². The summed E-state index contributed by atoms with van der Waals surface area (Å²) in [6.45, 7) is 0. The molecule has 1 amide bonds. The fourth-order valence-corrected chi connectivity index (χ4v) is 1.28. The van der Waals surface area contributed by atoms with Gasteiger partial charge in [-0.25, -0.2) is 5.84 Å². The first kappa shape index (κ1) is 14.3. The number of ether oxygens (including phenoxy) is 1. The minimum absolute atomic E-state index is 0.0256. The van der Waals surface area contributed by atoms with Crippen LogP contribution in [-0.4, -0.2) is 16.9 Å². The van der Waals surface area contributed by atoms with Crippen molar-refractivity contribution in [1.29, 1.82) is 0 Å². The second-order valence-corrected chi connectivity index (χ2v) is 3.82. The summed E-state index contributed by atoms with van der Waals surface area (Å²) < 4.78 is 30.3. The summed E-state index contributed by atoms with van der Waals surface area (Å²) in [6, 6.07) is 2.98. The fraction of sp³-hybridized carbons (Fsp3) is 0.125. The Bertz CT molecular complexity index is 497. The van der Waals surface area contributed by atoms with E-state index in [-0.39, 0.29) is 4.47 Å². The van der Waals surface area contributed by atoms with E-state index in [0.29, 0.717) is 0 Å². The standard InChI is InChI=1S/C8H6BrF2N3O4/c9-5-2-1-4(14(16)17)3-6(5)18-8(10,11)7(15)13-12/h1-3H,12H2,(H,13,15). The number of nitro benzene ring substituents is 1. The van der Waals surface area contributed by atoms with Crippen LogP contribution >= 0.6 is 15.9 Å². The van der Waals surface area contributed by atoms with Crippen molar-refractivity contribution in [3.8, 4) is 5.75 Å². The van der Waals surface area contributed by atoms with Gasteiger partial charge in [-0.3, -0.25) is 20.3 Å². The molecule has 0 heterocycles. The zero-order chi connectivity index (χ0) is 13.9. The van der Waals surface area contributed by atoms with Crippen LogP contribution in [0.15, 0.2) is 22.7 Å². The molecule has 0 atom stereocenters. The lowest BCUT2D eigenvalue weighted by molar-refractivity contribution is -0.385. The third-order valence-corrected chi connectivity index (χ3v) is 2.41. The van der Waals surface area contributed by atoms with Crippen LogP contribution in [0.4, 0.5) is 14.5 Å². The van der Waals surface area contributed by atoms with E-state index < -0.39 is 28.4 Å². The first-order chi connectivity index (χ1) is 8.27. The molecule has 10 heteroatoms. The first-order valence-corrected chi connectivity index (χ1v) is 5.09. The number of benzene rings is 1. The molecule has 3 N–H and O–H groups in total. The van der Waals surface area contributed by atoms with Crippen molar-refractivity contribution in [3.05, 3.63) is 32.8 Å². The zero-order valence-electron chi connectivity index (χ0n) is 8.52. The largest absolute Gasteiger partial charge is 0.483 e. The minimum atomic E-state index is -4.24. The summed E-state index contributed by atoms with van der Waals surface area (Å²) in [4.78, 5) is 20.4. The molecule has 0 aliphatic carbocycles. The highest BCUT2D eigenvalue weighted by Crippen LogP contribution is 2.32. The Morgan fingerprint density at radius 3 is 2.67 bits per heavy atom. The highest BCUT2D eigenvalue weighted by molar-refractivity contribution is 9.10. The molecule has 1 aromatic carbocycles. The number of nitro groups is 1. The first-order valence-electron chi connectivity index (χ1n) is 4.29. The molecule has 1 rings (SSSR count). The number of hydrazine groups is 1. The van der Waals surface area contributed by atoms with E-state index in [1.165, 1.54) is 5.43 Å². The van der Waals surface area contributed by atoms with E-state index in [1.54, 1.807) is 0 Å². The summed E-state index contributed by atoms with van der Waals surface area (Å²) in [7, 11) is 0. The number of carbonyl (C=O) groups is 1. The number of hydrogen-bond donors (Lipinski definition) is 2. The van der Waals surface area contributed by atoms with Crippen LogP contribution in [0.25, 0.3) is 0 Å². The number of nitrogens with one attached hydrogen (secondary N) is 1. The Balaban J connectivity index is 3.07. The van der Waals surface area contributed by atoms with Crippen molar-refractivity contribution < 1.29 is 23.2 Å². The van der Waals surface area contributed by atoms with Crippen LogP contribution in [0.1, 0.15) is 0 Å². The lowest BCUT2D eigenvalue weighted by atomic mass is 10.3. The maximum Gasteiger partial charge on any atom is 0.483 e. The molecule has 0 unspecified atom stereocenters. The van der Waals surface area contributed by atoms with Gasteiger partial charge in [0.25, 0.3) is 5.69 Å². The number of halogens is 3. The number of hydrogen-bond acceptors (Lipinski definition) is 5. The summed E-state index contributed by atoms with van der Waals surface area (Å²) in [6.07, 6.45) is -4.24. The van der Waals surface area contributed by atoms with Crippen molar-refractivity contribution in [1.82, 2.24) is 5.43 Å². The number of nitrogens with zero attached hydrogens (tertiary/aromatic N) is 1. The molecule has 0 aromatic heterocycles. The maximum absolute atomic E-state index is 13.1. The second-order valence-electron chi connectivity index (χ2n) is 2.96. The van der Waals surface area contributed by atoms with E-state index in [2.05, 4.69) is 26.5 Å². The molecule has 0 radical (unpaired) electrons. The van der Waals surface area contributed by atoms with Crippen LogP contribution < -0.4 is 16.0 Å². The van der Waals surface area contributed by atoms with E-state index in [1.807, 2.05) is 0 Å². The van der Waals surface area contributed by atoms with Crippen LogP contribution in [0.3, 0.4) is 0 Å². The number of nitrogens with two attached hydrogens (primary N) is 1. The van der Waals surface area contributed by atoms with Gasteiger partial charge in [0.2, 0.25) is 0 Å². The van der Waals surface area contributed by atoms with Crippen LogP contribution in [0, 0.1) is 10.1 Å². The summed E-state index contributed by atoms with van der Waals surface area (Å²) in [5.74, 6) is 2.12. The van der Waals surface area contributed by atoms with Gasteiger partial charge in [-0.1, -0.05) is 0 Å². The molecule has 18 heavy (non-hydrogen) atoms. The predicted octanol–water partition coefficient (Wildman–Crippen LogP) is 1.32. The Morgan fingerprint density at radius 1 is 1.56 bits per heavy atom. The highest BCUT2D eigenvalue weighted by Gasteiger charge is 2.42. The zero-order valence-corrected chi connectivity index (χ0v) is 10.1. The molecule has 0 bridgehead atoms. The van der Waals surface area contributed by atoms with E-state index in [9.17, 15) is 23.7 Å². The third-order valence-electron chi connectivity index (χ3n) is 1.76. The maximum atomic E-state index is 13.1. The predicted molar refractivity (Wildman–Crippen MR) is 58.7 cm³/mol. The number of rotatable bonds is 4. The molecular weight excluding hydrogens is 320 g/mol. The molecule has 0 spiro atoms. The van der Waals surface area contributed by atoms with Gasteiger partial charge in [0.15, 0.2) is 0 Å². The van der Waals surface area contributed by atoms with Gasteiger partial charge in [-0.05, 0) is 22.0 Å². The fourth-order valence-electron chi connectivity index (χ4n) is 0.952. The summed E-state index contributed by atoms with van der Waals surface area (Å²) in [5.41, 5.74) is 0.758. The molecule has 0 fully saturated rings. The minimum Gasteiger partial charge on any atom is -0.424 e. The smallest absolute Gasteiger partial charge is 0.424 e. The lowest BCUT2D eigenvalue weighted by Crippen LogP contribution is -2.47. The van der Waals surface area contributed by atoms with Crippen LogP contribution in [0.5, 0.6) is 5.75 Å². The van der Waals surface area contributed by atoms with Gasteiger partial charge >= 0.3 is 12.0 Å². The van der Waals surface area contributed by atoms with Crippen molar-refractivity contribution in [2.75, 3.05) is 0 Å². The van der Waals surface area contributed by atoms with Crippen molar-refractivity contribution >= 4 is 27.5 Å². The Kier molecular flexibility index (Phi) is 4.14. The molecule has 98 valence electrons. The topological polar surface area (TPSA) is 107 Å². The SMILES string of the molecule is NNC(=O)C(F)(F)Oc1cc([N+](=O)[O-])ccc1Br. The van der Waals surface area contributed by atoms with Crippen LogP contribution in [-0.2, 0) is 4.79 Å². The molecule has 0 aliphatic rings. The third kappa shape index (κ3) is 3.11. The van der Waals surface area contributed by atoms with Gasteiger partial charge in [0.1, 0.15) is 5.75 Å². The van der Waals surface area contributed by atoms with E-state index in [0.717, 1.165) is 18.2 Å². The molecule has 1 aromatic rings. The number of alkyl halides is 2. The van der Waals surface area contributed by atoms with Crippen molar-refractivity contribution in [2.45, 2.75) is 6.11 Å². The molecule has 7 nitrogen and oxygen atoms in total. The highest BCUT2D eigenvalue weighted by atomic mass is 79.9. The van der Waals surface area contributed by atoms with Crippen LogP contribution in [0.2, 0.25) is 0 Å². The average molecular weight is 326 g/mol. The van der Waals surface area contributed by atoms with E-state index >= 15 is 0 Å². The summed E-state index contributed by atoms with van der Waals surface area (Å²) >= 11 is 2.86. The molecular formula is C8H6BrF2N3O4. The summed E-state index contributed by atoms with van der Waals surface area (Å²) in [5, 5.41) is 10.5. The van der Waals surface area contributed by atoms with Gasteiger partial charge in [0.05, 0.1) is 15.5 Å². The number of non-ortho nitro benzene ring substituents is 1. The monoisotopic (exact) mass is 325 g/mol. The van der Waals surface area contributed by atoms with Gasteiger partial charge in [-0.2, -0.15) is 8.78 Å². The quantitative estimate of drug-likeness (QED) is 0.375. The Morgan fingerprint density at radius 2 is 2.17 bits per heavy atom. The van der Waals surface area contributed by atoms with Crippen molar-refractivity contribution in [2.24, 2.45) is 5.84 Å². The average Bonchev–Trinajstić information content (AvgIpc) is 2.30. The van der Waals surface area contributed by atoms with Gasteiger partial charge in [0, 0.05) is 6.07 Å². The Hall–Kier alpha value is -1.81. The number of amides is 1. The van der Waals surface area contributed by atoms with Crippen molar-refractivity contribution in [3.63, 3.8) is 0 Å².